The van der Waals surface area contributed by atoms with Gasteiger partial charge in [-0.1, -0.05) is 5.16 Å². The number of hydrogen-bond acceptors (Lipinski definition) is 5. The average molecular weight is 210 g/mol. The molecule has 1 saturated carbocycles. The number of nitrogens with zero attached hydrogens (tertiary/aromatic N) is 2. The lowest BCUT2D eigenvalue weighted by Crippen LogP contribution is -2.37. The van der Waals surface area contributed by atoms with Crippen molar-refractivity contribution >= 4 is 5.91 Å². The molecule has 0 bridgehead atoms. The topological polar surface area (TPSA) is 94.0 Å². The predicted octanol–water partition coefficient (Wildman–Crippen LogP) is -0.533. The van der Waals surface area contributed by atoms with E-state index in [9.17, 15) is 4.79 Å². The molecule has 3 N–H and O–H groups in total. The number of nitrogens with one attached hydrogen (secondary N) is 1. The highest BCUT2D eigenvalue weighted by atomic mass is 16.5. The molecule has 0 aromatic carbocycles. The molecule has 0 atom stereocenters. The lowest BCUT2D eigenvalue weighted by Gasteiger charge is -2.11. The minimum Gasteiger partial charge on any atom is -0.355 e. The number of nitrogens with two attached hydrogens (primary N) is 1. The van der Waals surface area contributed by atoms with Crippen molar-refractivity contribution in [1.82, 2.24) is 15.5 Å². The molecule has 6 heteroatoms. The van der Waals surface area contributed by atoms with E-state index in [0.29, 0.717) is 25.4 Å². The largest absolute Gasteiger partial charge is 0.355 e. The van der Waals surface area contributed by atoms with Gasteiger partial charge in [-0.2, -0.15) is 4.98 Å². The maximum atomic E-state index is 11.6. The number of hydrogen-bond donors (Lipinski definition) is 2. The fraction of sp³-hybridized carbons (Fsp3) is 0.667. The summed E-state index contributed by atoms with van der Waals surface area (Å²) in [5.41, 5.74) is 5.25. The molecule has 1 fully saturated rings. The second-order valence-corrected chi connectivity index (χ2v) is 3.83. The van der Waals surface area contributed by atoms with Gasteiger partial charge in [-0.3, -0.25) is 4.79 Å². The van der Waals surface area contributed by atoms with Crippen LogP contribution in [0.1, 0.15) is 18.7 Å². The van der Waals surface area contributed by atoms with Crippen LogP contribution in [0, 0.1) is 5.41 Å². The monoisotopic (exact) mass is 210 g/mol. The van der Waals surface area contributed by atoms with Crippen molar-refractivity contribution in [2.24, 2.45) is 11.1 Å². The Morgan fingerprint density at radius 3 is 3.00 bits per heavy atom. The molecule has 0 spiro atoms. The van der Waals surface area contributed by atoms with E-state index >= 15 is 0 Å². The second kappa shape index (κ2) is 3.98. The zero-order valence-corrected chi connectivity index (χ0v) is 8.40. The molecule has 1 heterocycles. The van der Waals surface area contributed by atoms with Gasteiger partial charge < -0.3 is 15.6 Å². The summed E-state index contributed by atoms with van der Waals surface area (Å²) < 4.78 is 4.81. The van der Waals surface area contributed by atoms with Gasteiger partial charge in [0.25, 0.3) is 0 Å². The van der Waals surface area contributed by atoms with E-state index in [-0.39, 0.29) is 11.3 Å². The van der Waals surface area contributed by atoms with Gasteiger partial charge in [0.1, 0.15) is 0 Å². The first kappa shape index (κ1) is 10.1. The standard InChI is InChI=1S/C9H14N4O2/c10-5-9(2-3-9)8(14)11-4-1-7-12-6-13-15-7/h6H,1-5,10H2,(H,11,14). The smallest absolute Gasteiger partial charge is 0.228 e. The van der Waals surface area contributed by atoms with E-state index in [4.69, 9.17) is 10.3 Å². The highest BCUT2D eigenvalue weighted by molar-refractivity contribution is 5.85. The third kappa shape index (κ3) is 2.15. The third-order valence-corrected chi connectivity index (χ3v) is 2.76. The molecule has 0 radical (unpaired) electrons. The Hall–Kier alpha value is -1.43. The van der Waals surface area contributed by atoms with Crippen LogP contribution in [0.5, 0.6) is 0 Å². The molecule has 0 saturated heterocycles. The summed E-state index contributed by atoms with van der Waals surface area (Å²) >= 11 is 0. The lowest BCUT2D eigenvalue weighted by molar-refractivity contribution is -0.125. The van der Waals surface area contributed by atoms with Crippen LogP contribution in [0.2, 0.25) is 0 Å². The fourth-order valence-electron chi connectivity index (χ4n) is 1.45. The molecule has 15 heavy (non-hydrogen) atoms. The molecule has 1 aliphatic rings. The van der Waals surface area contributed by atoms with E-state index in [1.807, 2.05) is 0 Å². The molecule has 2 rings (SSSR count). The van der Waals surface area contributed by atoms with Crippen molar-refractivity contribution in [1.29, 1.82) is 0 Å². The number of amides is 1. The minimum atomic E-state index is -0.283. The summed E-state index contributed by atoms with van der Waals surface area (Å²) in [6.07, 6.45) is 3.71. The number of carbonyl (C=O) groups is 1. The number of carbonyl (C=O) groups excluding carboxylic acids is 1. The van der Waals surface area contributed by atoms with Crippen LogP contribution in [0.15, 0.2) is 10.9 Å². The van der Waals surface area contributed by atoms with E-state index in [0.717, 1.165) is 12.8 Å². The third-order valence-electron chi connectivity index (χ3n) is 2.76. The van der Waals surface area contributed by atoms with E-state index in [2.05, 4.69) is 15.5 Å². The van der Waals surface area contributed by atoms with Gasteiger partial charge in [0, 0.05) is 19.5 Å². The first-order chi connectivity index (χ1) is 7.27. The first-order valence-corrected chi connectivity index (χ1v) is 5.01. The summed E-state index contributed by atoms with van der Waals surface area (Å²) in [7, 11) is 0. The Morgan fingerprint density at radius 2 is 2.47 bits per heavy atom. The van der Waals surface area contributed by atoms with Gasteiger partial charge in [0.2, 0.25) is 11.8 Å². The fourth-order valence-corrected chi connectivity index (χ4v) is 1.45. The normalized spacial score (nSPS) is 17.4. The molecule has 0 aliphatic heterocycles. The van der Waals surface area contributed by atoms with Gasteiger partial charge in [0.05, 0.1) is 5.41 Å². The molecule has 1 aromatic heterocycles. The molecule has 6 nitrogen and oxygen atoms in total. The Bertz CT molecular complexity index is 332. The summed E-state index contributed by atoms with van der Waals surface area (Å²) in [6, 6.07) is 0. The highest BCUT2D eigenvalue weighted by Gasteiger charge is 2.48. The zero-order valence-electron chi connectivity index (χ0n) is 8.40. The minimum absolute atomic E-state index is 0.0458. The molecular formula is C9H14N4O2. The van der Waals surface area contributed by atoms with Crippen LogP contribution in [-0.2, 0) is 11.2 Å². The number of aromatic nitrogens is 2. The van der Waals surface area contributed by atoms with Crippen LogP contribution >= 0.6 is 0 Å². The van der Waals surface area contributed by atoms with Crippen LogP contribution in [-0.4, -0.2) is 29.1 Å². The van der Waals surface area contributed by atoms with Crippen molar-refractivity contribution in [2.45, 2.75) is 19.3 Å². The summed E-state index contributed by atoms with van der Waals surface area (Å²) in [4.78, 5) is 15.5. The number of rotatable bonds is 5. The molecule has 1 amide bonds. The lowest BCUT2D eigenvalue weighted by atomic mass is 10.1. The Morgan fingerprint density at radius 1 is 1.67 bits per heavy atom. The van der Waals surface area contributed by atoms with Crippen LogP contribution in [0.3, 0.4) is 0 Å². The first-order valence-electron chi connectivity index (χ1n) is 5.01. The van der Waals surface area contributed by atoms with Gasteiger partial charge in [-0.15, -0.1) is 0 Å². The predicted molar refractivity (Wildman–Crippen MR) is 51.7 cm³/mol. The Kier molecular flexibility index (Phi) is 2.68. The van der Waals surface area contributed by atoms with Crippen LogP contribution < -0.4 is 11.1 Å². The molecular weight excluding hydrogens is 196 g/mol. The Balaban J connectivity index is 1.72. The van der Waals surface area contributed by atoms with E-state index in [1.54, 1.807) is 0 Å². The van der Waals surface area contributed by atoms with Gasteiger partial charge in [0.15, 0.2) is 6.33 Å². The van der Waals surface area contributed by atoms with Crippen LogP contribution in [0.25, 0.3) is 0 Å². The quantitative estimate of drug-likeness (QED) is 0.681. The van der Waals surface area contributed by atoms with Crippen molar-refractivity contribution in [3.8, 4) is 0 Å². The summed E-state index contributed by atoms with van der Waals surface area (Å²) in [5.74, 6) is 0.581. The van der Waals surface area contributed by atoms with Crippen molar-refractivity contribution in [3.63, 3.8) is 0 Å². The van der Waals surface area contributed by atoms with Gasteiger partial charge >= 0.3 is 0 Å². The maximum Gasteiger partial charge on any atom is 0.228 e. The Labute approximate surface area is 87.2 Å². The second-order valence-electron chi connectivity index (χ2n) is 3.83. The van der Waals surface area contributed by atoms with Gasteiger partial charge in [-0.05, 0) is 12.8 Å². The van der Waals surface area contributed by atoms with Gasteiger partial charge in [-0.25, -0.2) is 0 Å². The SMILES string of the molecule is NCC1(C(=O)NCCc2ncno2)CC1. The molecule has 1 aliphatic carbocycles. The van der Waals surface area contributed by atoms with E-state index < -0.39 is 0 Å². The zero-order chi connectivity index (χ0) is 10.7. The molecule has 0 unspecified atom stereocenters. The van der Waals surface area contributed by atoms with Crippen LogP contribution in [0.4, 0.5) is 0 Å². The van der Waals surface area contributed by atoms with E-state index in [1.165, 1.54) is 6.33 Å². The van der Waals surface area contributed by atoms with Crippen molar-refractivity contribution in [3.05, 3.63) is 12.2 Å². The van der Waals surface area contributed by atoms with Crippen molar-refractivity contribution < 1.29 is 9.32 Å². The molecule has 82 valence electrons. The van der Waals surface area contributed by atoms with Crippen molar-refractivity contribution in [2.75, 3.05) is 13.1 Å². The molecule has 1 aromatic rings. The summed E-state index contributed by atoms with van der Waals surface area (Å²) in [5, 5.41) is 6.31. The highest BCUT2D eigenvalue weighted by Crippen LogP contribution is 2.44. The average Bonchev–Trinajstić information content (AvgIpc) is 2.90. The summed E-state index contributed by atoms with van der Waals surface area (Å²) in [6.45, 7) is 0.947. The maximum absolute atomic E-state index is 11.6.